The molecule has 0 aliphatic heterocycles. The van der Waals surface area contributed by atoms with Crippen molar-refractivity contribution in [2.24, 2.45) is 0 Å². The fraction of sp³-hybridized carbons (Fsp3) is 0.625. The van der Waals surface area contributed by atoms with Crippen molar-refractivity contribution >= 4 is 11.4 Å². The van der Waals surface area contributed by atoms with E-state index < -0.39 is 0 Å². The number of anilines is 2. The van der Waals surface area contributed by atoms with Gasteiger partial charge in [-0.15, -0.1) is 0 Å². The Labute approximate surface area is 112 Å². The van der Waals surface area contributed by atoms with Gasteiger partial charge < -0.3 is 10.6 Å². The van der Waals surface area contributed by atoms with Crippen molar-refractivity contribution in [3.8, 4) is 0 Å². The molecular weight excluding hydrogens is 220 g/mol. The Morgan fingerprint density at radius 2 is 1.67 bits per heavy atom. The molecule has 1 rings (SSSR count). The molecule has 0 spiro atoms. The van der Waals surface area contributed by atoms with Crippen molar-refractivity contribution in [1.82, 2.24) is 0 Å². The predicted molar refractivity (Wildman–Crippen MR) is 82.6 cm³/mol. The summed E-state index contributed by atoms with van der Waals surface area (Å²) < 4.78 is 0. The molecular formula is C16H28N2. The van der Waals surface area contributed by atoms with Gasteiger partial charge in [0.15, 0.2) is 0 Å². The molecule has 0 atom stereocenters. The van der Waals surface area contributed by atoms with Gasteiger partial charge in [-0.1, -0.05) is 38.3 Å². The van der Waals surface area contributed by atoms with E-state index in [1.165, 1.54) is 49.0 Å². The lowest BCUT2D eigenvalue weighted by Crippen LogP contribution is -2.07. The number of nitrogens with one attached hydrogen (secondary N) is 2. The molecule has 0 saturated heterocycles. The van der Waals surface area contributed by atoms with Crippen molar-refractivity contribution in [2.45, 2.75) is 52.9 Å². The van der Waals surface area contributed by atoms with E-state index in [1.54, 1.807) is 0 Å². The van der Waals surface area contributed by atoms with Crippen LogP contribution in [0.4, 0.5) is 11.4 Å². The van der Waals surface area contributed by atoms with Crippen LogP contribution in [0.5, 0.6) is 0 Å². The fourth-order valence-electron chi connectivity index (χ4n) is 2.27. The number of aryl methyl sites for hydroxylation is 1. The molecule has 2 heteroatoms. The average molecular weight is 248 g/mol. The Morgan fingerprint density at radius 3 is 2.33 bits per heavy atom. The van der Waals surface area contributed by atoms with E-state index in [-0.39, 0.29) is 0 Å². The third kappa shape index (κ3) is 4.59. The molecule has 0 heterocycles. The number of hydrogen-bond donors (Lipinski definition) is 2. The zero-order chi connectivity index (χ0) is 13.2. The molecule has 1 aromatic rings. The molecule has 0 aliphatic carbocycles. The van der Waals surface area contributed by atoms with E-state index in [2.05, 4.69) is 49.6 Å². The van der Waals surface area contributed by atoms with Gasteiger partial charge in [0.2, 0.25) is 0 Å². The molecule has 0 unspecified atom stereocenters. The van der Waals surface area contributed by atoms with Crippen LogP contribution in [0.3, 0.4) is 0 Å². The van der Waals surface area contributed by atoms with E-state index >= 15 is 0 Å². The summed E-state index contributed by atoms with van der Waals surface area (Å²) >= 11 is 0. The van der Waals surface area contributed by atoms with E-state index in [4.69, 9.17) is 0 Å². The van der Waals surface area contributed by atoms with Crippen LogP contribution in [0, 0.1) is 0 Å². The molecule has 0 bridgehead atoms. The lowest BCUT2D eigenvalue weighted by atomic mass is 10.0. The summed E-state index contributed by atoms with van der Waals surface area (Å²) in [6, 6.07) is 6.58. The minimum atomic E-state index is 0.970. The fourth-order valence-corrected chi connectivity index (χ4v) is 2.27. The molecule has 0 amide bonds. The highest BCUT2D eigenvalue weighted by molar-refractivity contribution is 5.72. The summed E-state index contributed by atoms with van der Waals surface area (Å²) in [5.41, 5.74) is 4.00. The first-order valence-electron chi connectivity index (χ1n) is 7.43. The van der Waals surface area contributed by atoms with Gasteiger partial charge >= 0.3 is 0 Å². The quantitative estimate of drug-likeness (QED) is 0.620. The topological polar surface area (TPSA) is 24.1 Å². The number of rotatable bonds is 9. The minimum absolute atomic E-state index is 0.970. The van der Waals surface area contributed by atoms with Crippen molar-refractivity contribution < 1.29 is 0 Å². The van der Waals surface area contributed by atoms with Gasteiger partial charge in [-0.25, -0.2) is 0 Å². The van der Waals surface area contributed by atoms with Crippen molar-refractivity contribution in [3.05, 3.63) is 23.8 Å². The Balaban J connectivity index is 2.71. The summed E-state index contributed by atoms with van der Waals surface area (Å²) in [4.78, 5) is 0. The molecule has 1 aromatic carbocycles. The SMILES string of the molecule is CCCCCCc1cccc(NCC)c1NCC. The Kier molecular flexibility index (Phi) is 7.31. The highest BCUT2D eigenvalue weighted by atomic mass is 14.9. The number of hydrogen-bond acceptors (Lipinski definition) is 2. The Morgan fingerprint density at radius 1 is 0.889 bits per heavy atom. The standard InChI is InChI=1S/C16H28N2/c1-4-7-8-9-11-14-12-10-13-15(17-5-2)16(14)18-6-3/h10,12-13,17-18H,4-9,11H2,1-3H3. The Hall–Kier alpha value is -1.18. The van der Waals surface area contributed by atoms with Crippen LogP contribution in [0.25, 0.3) is 0 Å². The van der Waals surface area contributed by atoms with E-state index in [0.717, 1.165) is 13.1 Å². The van der Waals surface area contributed by atoms with Crippen LogP contribution in [-0.2, 0) is 6.42 Å². The third-order valence-corrected chi connectivity index (χ3v) is 3.17. The second-order valence-electron chi connectivity index (χ2n) is 4.71. The van der Waals surface area contributed by atoms with Crippen molar-refractivity contribution in [3.63, 3.8) is 0 Å². The summed E-state index contributed by atoms with van der Waals surface area (Å²) in [6.45, 7) is 8.51. The van der Waals surface area contributed by atoms with Crippen molar-refractivity contribution in [1.29, 1.82) is 0 Å². The van der Waals surface area contributed by atoms with Crippen LogP contribution < -0.4 is 10.6 Å². The van der Waals surface area contributed by atoms with Crippen LogP contribution in [-0.4, -0.2) is 13.1 Å². The number of para-hydroxylation sites is 1. The summed E-state index contributed by atoms with van der Waals surface area (Å²) in [5.74, 6) is 0. The monoisotopic (exact) mass is 248 g/mol. The van der Waals surface area contributed by atoms with Crippen LogP contribution in [0.15, 0.2) is 18.2 Å². The molecule has 0 radical (unpaired) electrons. The van der Waals surface area contributed by atoms with Gasteiger partial charge in [0.05, 0.1) is 11.4 Å². The zero-order valence-corrected chi connectivity index (χ0v) is 12.2. The molecule has 2 nitrogen and oxygen atoms in total. The van der Waals surface area contributed by atoms with Gasteiger partial charge in [0.25, 0.3) is 0 Å². The van der Waals surface area contributed by atoms with Crippen LogP contribution in [0.1, 0.15) is 52.0 Å². The first-order chi connectivity index (χ1) is 8.83. The van der Waals surface area contributed by atoms with Gasteiger partial charge in [-0.05, 0) is 38.3 Å². The maximum atomic E-state index is 3.51. The van der Waals surface area contributed by atoms with Gasteiger partial charge in [0.1, 0.15) is 0 Å². The highest BCUT2D eigenvalue weighted by Crippen LogP contribution is 2.27. The van der Waals surface area contributed by atoms with Crippen LogP contribution >= 0.6 is 0 Å². The maximum absolute atomic E-state index is 3.51. The van der Waals surface area contributed by atoms with Crippen LogP contribution in [0.2, 0.25) is 0 Å². The van der Waals surface area contributed by atoms with E-state index in [1.807, 2.05) is 0 Å². The molecule has 2 N–H and O–H groups in total. The molecule has 102 valence electrons. The van der Waals surface area contributed by atoms with E-state index in [9.17, 15) is 0 Å². The largest absolute Gasteiger partial charge is 0.384 e. The second kappa shape index (κ2) is 8.84. The first-order valence-corrected chi connectivity index (χ1v) is 7.43. The van der Waals surface area contributed by atoms with Crippen molar-refractivity contribution in [2.75, 3.05) is 23.7 Å². The lowest BCUT2D eigenvalue weighted by molar-refractivity contribution is 0.667. The Bertz CT molecular complexity index is 334. The zero-order valence-electron chi connectivity index (χ0n) is 12.2. The smallest absolute Gasteiger partial charge is 0.0608 e. The normalized spacial score (nSPS) is 10.4. The molecule has 18 heavy (non-hydrogen) atoms. The van der Waals surface area contributed by atoms with Gasteiger partial charge in [-0.2, -0.15) is 0 Å². The number of benzene rings is 1. The van der Waals surface area contributed by atoms with Gasteiger partial charge in [0, 0.05) is 13.1 Å². The first kappa shape index (κ1) is 14.9. The molecule has 0 fully saturated rings. The second-order valence-corrected chi connectivity index (χ2v) is 4.71. The molecule has 0 aromatic heterocycles. The van der Waals surface area contributed by atoms with Gasteiger partial charge in [-0.3, -0.25) is 0 Å². The molecule has 0 aliphatic rings. The number of unbranched alkanes of at least 4 members (excludes halogenated alkanes) is 3. The minimum Gasteiger partial charge on any atom is -0.384 e. The highest BCUT2D eigenvalue weighted by Gasteiger charge is 2.06. The lowest BCUT2D eigenvalue weighted by Gasteiger charge is -2.16. The molecule has 0 saturated carbocycles. The average Bonchev–Trinajstić information content (AvgIpc) is 2.38. The maximum Gasteiger partial charge on any atom is 0.0608 e. The summed E-state index contributed by atoms with van der Waals surface area (Å²) in [7, 11) is 0. The van der Waals surface area contributed by atoms with E-state index in [0.29, 0.717) is 0 Å². The predicted octanol–water partition coefficient (Wildman–Crippen LogP) is 4.67. The third-order valence-electron chi connectivity index (χ3n) is 3.17. The summed E-state index contributed by atoms with van der Waals surface area (Å²) in [6.07, 6.45) is 6.47. The summed E-state index contributed by atoms with van der Waals surface area (Å²) in [5, 5.41) is 6.95.